The molecule has 8 heteroatoms. The summed E-state index contributed by atoms with van der Waals surface area (Å²) in [6, 6.07) is 10.5. The van der Waals surface area contributed by atoms with Crippen molar-refractivity contribution in [1.82, 2.24) is 14.5 Å². The van der Waals surface area contributed by atoms with Crippen molar-refractivity contribution < 1.29 is 14.3 Å². The number of aromatic nitrogens is 2. The number of amides is 1. The molecule has 8 nitrogen and oxygen atoms in total. The smallest absolute Gasteiger partial charge is 0.326 e. The highest BCUT2D eigenvalue weighted by Gasteiger charge is 2.17. The maximum atomic E-state index is 13.1. The number of fused-ring (bicyclic) bond motifs is 1. The Bertz CT molecular complexity index is 1080. The van der Waals surface area contributed by atoms with Gasteiger partial charge in [-0.25, -0.2) is 4.79 Å². The average molecular weight is 398 g/mol. The molecule has 0 bridgehead atoms. The van der Waals surface area contributed by atoms with Gasteiger partial charge in [0.1, 0.15) is 0 Å². The zero-order valence-corrected chi connectivity index (χ0v) is 17.4. The molecule has 154 valence electrons. The third-order valence-corrected chi connectivity index (χ3v) is 4.85. The highest BCUT2D eigenvalue weighted by molar-refractivity contribution is 6.07. The molecule has 1 heterocycles. The summed E-state index contributed by atoms with van der Waals surface area (Å²) in [5.74, 6) is 0.950. The molecule has 0 spiro atoms. The van der Waals surface area contributed by atoms with Gasteiger partial charge in [-0.2, -0.15) is 0 Å². The fourth-order valence-corrected chi connectivity index (χ4v) is 3.15. The number of nitrogens with zero attached hydrogens (tertiary/aromatic N) is 3. The van der Waals surface area contributed by atoms with E-state index in [4.69, 9.17) is 9.47 Å². The Morgan fingerprint density at radius 2 is 1.76 bits per heavy atom. The van der Waals surface area contributed by atoms with Gasteiger partial charge in [-0.15, -0.1) is 0 Å². The van der Waals surface area contributed by atoms with Gasteiger partial charge in [0.15, 0.2) is 11.5 Å². The van der Waals surface area contributed by atoms with Crippen molar-refractivity contribution >= 4 is 22.6 Å². The fourth-order valence-electron chi connectivity index (χ4n) is 3.15. The van der Waals surface area contributed by atoms with Crippen LogP contribution in [0.25, 0.3) is 11.0 Å². The Hall–Kier alpha value is -3.26. The Labute approximate surface area is 169 Å². The Balaban J connectivity index is 1.94. The van der Waals surface area contributed by atoms with E-state index in [-0.39, 0.29) is 11.6 Å². The number of carbonyl (C=O) groups is 1. The number of ether oxygens (including phenoxy) is 2. The van der Waals surface area contributed by atoms with Crippen molar-refractivity contribution in [2.45, 2.75) is 6.54 Å². The zero-order chi connectivity index (χ0) is 21.1. The summed E-state index contributed by atoms with van der Waals surface area (Å²) < 4.78 is 12.2. The van der Waals surface area contributed by atoms with Gasteiger partial charge in [-0.05, 0) is 44.4 Å². The van der Waals surface area contributed by atoms with Crippen molar-refractivity contribution in [2.24, 2.45) is 0 Å². The van der Waals surface area contributed by atoms with Gasteiger partial charge in [0.2, 0.25) is 0 Å². The molecule has 0 aliphatic rings. The van der Waals surface area contributed by atoms with Crippen molar-refractivity contribution in [3.8, 4) is 11.5 Å². The third kappa shape index (κ3) is 4.12. The number of rotatable bonds is 7. The Morgan fingerprint density at radius 3 is 2.41 bits per heavy atom. The van der Waals surface area contributed by atoms with Crippen molar-refractivity contribution in [3.05, 3.63) is 52.4 Å². The molecule has 0 atom stereocenters. The second kappa shape index (κ2) is 8.40. The van der Waals surface area contributed by atoms with Crippen LogP contribution in [0.5, 0.6) is 11.5 Å². The number of imidazole rings is 1. The number of hydrogen-bond donors (Lipinski definition) is 1. The maximum Gasteiger partial charge on any atom is 0.326 e. The lowest BCUT2D eigenvalue weighted by Gasteiger charge is -2.19. The standard InChI is InChI=1S/C21H26N4O4/c1-23(2)10-11-25-17-12-14(6-8-16(17)22-21(25)27)20(26)24(3)15-7-9-18(28-4)19(13-15)29-5/h6-9,12-13H,10-11H2,1-5H3,(H,22,27). The van der Waals surface area contributed by atoms with Crippen molar-refractivity contribution in [3.63, 3.8) is 0 Å². The van der Waals surface area contributed by atoms with Crippen molar-refractivity contribution in [2.75, 3.05) is 46.8 Å². The molecule has 3 rings (SSSR count). The van der Waals surface area contributed by atoms with Crippen LogP contribution in [0.2, 0.25) is 0 Å². The Morgan fingerprint density at radius 1 is 1.03 bits per heavy atom. The number of nitrogens with one attached hydrogen (secondary N) is 1. The van der Waals surface area contributed by atoms with Crippen LogP contribution in [0, 0.1) is 0 Å². The van der Waals surface area contributed by atoms with Gasteiger partial charge >= 0.3 is 5.69 Å². The third-order valence-electron chi connectivity index (χ3n) is 4.85. The highest BCUT2D eigenvalue weighted by atomic mass is 16.5. The number of likely N-dealkylation sites (N-methyl/N-ethyl adjacent to an activating group) is 1. The van der Waals surface area contributed by atoms with Crippen LogP contribution in [0.15, 0.2) is 41.2 Å². The van der Waals surface area contributed by atoms with E-state index in [1.807, 2.05) is 19.0 Å². The molecule has 0 aliphatic carbocycles. The summed E-state index contributed by atoms with van der Waals surface area (Å²) in [6.45, 7) is 1.26. The van der Waals surface area contributed by atoms with Gasteiger partial charge in [-0.3, -0.25) is 9.36 Å². The van der Waals surface area contributed by atoms with Gasteiger partial charge in [-0.1, -0.05) is 0 Å². The lowest BCUT2D eigenvalue weighted by atomic mass is 10.1. The fraction of sp³-hybridized carbons (Fsp3) is 0.333. The molecular formula is C21H26N4O4. The van der Waals surface area contributed by atoms with E-state index in [2.05, 4.69) is 4.98 Å². The van der Waals surface area contributed by atoms with Crippen molar-refractivity contribution in [1.29, 1.82) is 0 Å². The molecule has 1 amide bonds. The van der Waals surface area contributed by atoms with Gasteiger partial charge in [0.25, 0.3) is 5.91 Å². The van der Waals surface area contributed by atoms with E-state index >= 15 is 0 Å². The second-order valence-corrected chi connectivity index (χ2v) is 7.02. The number of aromatic amines is 1. The van der Waals surface area contributed by atoms with Crippen LogP contribution in [0.1, 0.15) is 10.4 Å². The first-order valence-electron chi connectivity index (χ1n) is 9.23. The molecule has 29 heavy (non-hydrogen) atoms. The molecule has 2 aromatic carbocycles. The van der Waals surface area contributed by atoms with Crippen LogP contribution in [-0.4, -0.2) is 62.3 Å². The SMILES string of the molecule is COc1ccc(N(C)C(=O)c2ccc3[nH]c(=O)n(CCN(C)C)c3c2)cc1OC. The highest BCUT2D eigenvalue weighted by Crippen LogP contribution is 2.31. The van der Waals surface area contributed by atoms with E-state index < -0.39 is 0 Å². The monoisotopic (exact) mass is 398 g/mol. The molecule has 0 fully saturated rings. The molecule has 0 saturated carbocycles. The van der Waals surface area contributed by atoms with E-state index in [1.54, 1.807) is 62.2 Å². The normalized spacial score (nSPS) is 11.1. The maximum absolute atomic E-state index is 13.1. The molecule has 0 radical (unpaired) electrons. The predicted molar refractivity (Wildman–Crippen MR) is 113 cm³/mol. The van der Waals surface area contributed by atoms with E-state index in [9.17, 15) is 9.59 Å². The van der Waals surface area contributed by atoms with Gasteiger partial charge < -0.3 is 24.3 Å². The summed E-state index contributed by atoms with van der Waals surface area (Å²) in [5.41, 5.74) is 2.40. The minimum atomic E-state index is -0.188. The first-order chi connectivity index (χ1) is 13.8. The van der Waals surface area contributed by atoms with E-state index in [1.165, 1.54) is 4.90 Å². The number of benzene rings is 2. The first-order valence-corrected chi connectivity index (χ1v) is 9.23. The number of anilines is 1. The lowest BCUT2D eigenvalue weighted by molar-refractivity contribution is 0.0993. The lowest BCUT2D eigenvalue weighted by Crippen LogP contribution is -2.26. The number of carbonyl (C=O) groups excluding carboxylic acids is 1. The largest absolute Gasteiger partial charge is 0.493 e. The minimum absolute atomic E-state index is 0.181. The van der Waals surface area contributed by atoms with Crippen LogP contribution in [-0.2, 0) is 6.54 Å². The average Bonchev–Trinajstić information content (AvgIpc) is 3.04. The molecule has 0 saturated heterocycles. The summed E-state index contributed by atoms with van der Waals surface area (Å²) >= 11 is 0. The number of H-pyrrole nitrogens is 1. The zero-order valence-electron chi connectivity index (χ0n) is 17.4. The summed E-state index contributed by atoms with van der Waals surface area (Å²) in [6.07, 6.45) is 0. The molecule has 1 aromatic heterocycles. The number of methoxy groups -OCH3 is 2. The number of hydrogen-bond acceptors (Lipinski definition) is 5. The van der Waals surface area contributed by atoms with E-state index in [0.717, 1.165) is 6.54 Å². The summed E-state index contributed by atoms with van der Waals surface area (Å²) in [5, 5.41) is 0. The topological polar surface area (TPSA) is 79.8 Å². The quantitative estimate of drug-likeness (QED) is 0.660. The Kier molecular flexibility index (Phi) is 5.93. The second-order valence-electron chi connectivity index (χ2n) is 7.02. The van der Waals surface area contributed by atoms with Gasteiger partial charge in [0.05, 0.1) is 25.3 Å². The van der Waals surface area contributed by atoms with Crippen LogP contribution in [0.4, 0.5) is 5.69 Å². The van der Waals surface area contributed by atoms with Crippen LogP contribution < -0.4 is 20.1 Å². The molecule has 1 N–H and O–H groups in total. The van der Waals surface area contributed by atoms with E-state index in [0.29, 0.717) is 40.3 Å². The molecule has 0 aliphatic heterocycles. The summed E-state index contributed by atoms with van der Waals surface area (Å²) in [7, 11) is 8.72. The minimum Gasteiger partial charge on any atom is -0.493 e. The molecule has 0 unspecified atom stereocenters. The molecular weight excluding hydrogens is 372 g/mol. The van der Waals surface area contributed by atoms with Crippen LogP contribution in [0.3, 0.4) is 0 Å². The first kappa shape index (κ1) is 20.5. The van der Waals surface area contributed by atoms with Gasteiger partial charge in [0, 0.05) is 37.5 Å². The summed E-state index contributed by atoms with van der Waals surface area (Å²) in [4.78, 5) is 31.7. The van der Waals surface area contributed by atoms with Crippen LogP contribution >= 0.6 is 0 Å². The molecule has 3 aromatic rings. The predicted octanol–water partition coefficient (Wildman–Crippen LogP) is 2.18.